The number of urea groups is 1. The number of carbonyl (C=O) groups excluding carboxylic acids is 3. The first kappa shape index (κ1) is 23.9. The lowest BCUT2D eigenvalue weighted by atomic mass is 9.88. The van der Waals surface area contributed by atoms with E-state index < -0.39 is 6.04 Å². The SMILES string of the molecule is COc1ccc(C(=O)N[C@@H](C(=O)NC2CC2)C2CCN(C(=O)Nc3cccc(Cl)c3)CC2)cc1. The minimum atomic E-state index is -0.659. The summed E-state index contributed by atoms with van der Waals surface area (Å²) in [6.07, 6.45) is 3.14. The van der Waals surface area contributed by atoms with Crippen LogP contribution in [0.1, 0.15) is 36.0 Å². The van der Waals surface area contributed by atoms with E-state index >= 15 is 0 Å². The van der Waals surface area contributed by atoms with Crippen LogP contribution in [0.4, 0.5) is 10.5 Å². The summed E-state index contributed by atoms with van der Waals surface area (Å²) in [5.74, 6) is 0.116. The van der Waals surface area contributed by atoms with Crippen molar-refractivity contribution >= 4 is 35.1 Å². The fourth-order valence-electron chi connectivity index (χ4n) is 4.09. The summed E-state index contributed by atoms with van der Waals surface area (Å²) >= 11 is 6.00. The molecule has 1 aliphatic carbocycles. The fourth-order valence-corrected chi connectivity index (χ4v) is 4.28. The van der Waals surface area contributed by atoms with Crippen LogP contribution in [0.25, 0.3) is 0 Å². The maximum absolute atomic E-state index is 13.0. The van der Waals surface area contributed by atoms with Crippen LogP contribution in [0.15, 0.2) is 48.5 Å². The molecule has 4 rings (SSSR count). The van der Waals surface area contributed by atoms with E-state index in [-0.39, 0.29) is 29.8 Å². The van der Waals surface area contributed by atoms with Crippen LogP contribution in [-0.4, -0.2) is 55.0 Å². The van der Waals surface area contributed by atoms with Crippen molar-refractivity contribution in [3.8, 4) is 5.75 Å². The Balaban J connectivity index is 1.38. The third kappa shape index (κ3) is 6.20. The molecule has 0 unspecified atom stereocenters. The minimum Gasteiger partial charge on any atom is -0.497 e. The first-order chi connectivity index (χ1) is 16.4. The lowest BCUT2D eigenvalue weighted by Gasteiger charge is -2.35. The number of benzene rings is 2. The lowest BCUT2D eigenvalue weighted by molar-refractivity contribution is -0.124. The number of methoxy groups -OCH3 is 1. The second-order valence-corrected chi connectivity index (χ2v) is 9.16. The Morgan fingerprint density at radius 1 is 1.03 bits per heavy atom. The fraction of sp³-hybridized carbons (Fsp3) is 0.400. The van der Waals surface area contributed by atoms with Gasteiger partial charge in [0.2, 0.25) is 5.91 Å². The monoisotopic (exact) mass is 484 g/mol. The van der Waals surface area contributed by atoms with E-state index in [1.807, 2.05) is 0 Å². The van der Waals surface area contributed by atoms with Gasteiger partial charge in [-0.1, -0.05) is 17.7 Å². The average Bonchev–Trinajstić information content (AvgIpc) is 3.66. The molecule has 3 N–H and O–H groups in total. The van der Waals surface area contributed by atoms with Gasteiger partial charge in [-0.05, 0) is 74.1 Å². The lowest BCUT2D eigenvalue weighted by Crippen LogP contribution is -2.54. The molecule has 1 aliphatic heterocycles. The number of halogens is 1. The van der Waals surface area contributed by atoms with E-state index in [4.69, 9.17) is 16.3 Å². The molecule has 0 radical (unpaired) electrons. The van der Waals surface area contributed by atoms with E-state index in [9.17, 15) is 14.4 Å². The summed E-state index contributed by atoms with van der Waals surface area (Å²) in [5.41, 5.74) is 1.09. The van der Waals surface area contributed by atoms with Crippen LogP contribution in [0.2, 0.25) is 5.02 Å². The number of nitrogens with zero attached hydrogens (tertiary/aromatic N) is 1. The Hall–Kier alpha value is -3.26. The number of amides is 4. The molecule has 4 amide bonds. The highest BCUT2D eigenvalue weighted by Gasteiger charge is 2.36. The first-order valence-electron chi connectivity index (χ1n) is 11.5. The van der Waals surface area contributed by atoms with Crippen molar-refractivity contribution < 1.29 is 19.1 Å². The molecular weight excluding hydrogens is 456 g/mol. The molecule has 9 heteroatoms. The highest BCUT2D eigenvalue weighted by molar-refractivity contribution is 6.30. The van der Waals surface area contributed by atoms with Crippen molar-refractivity contribution in [1.29, 1.82) is 0 Å². The zero-order chi connectivity index (χ0) is 24.1. The molecule has 180 valence electrons. The van der Waals surface area contributed by atoms with Crippen molar-refractivity contribution in [3.05, 3.63) is 59.1 Å². The number of likely N-dealkylation sites (tertiary alicyclic amines) is 1. The predicted molar refractivity (Wildman–Crippen MR) is 130 cm³/mol. The van der Waals surface area contributed by atoms with Crippen LogP contribution in [0, 0.1) is 5.92 Å². The van der Waals surface area contributed by atoms with Crippen molar-refractivity contribution in [1.82, 2.24) is 15.5 Å². The van der Waals surface area contributed by atoms with Gasteiger partial charge in [-0.2, -0.15) is 0 Å². The van der Waals surface area contributed by atoms with Crippen LogP contribution in [0.5, 0.6) is 5.75 Å². The molecule has 1 saturated heterocycles. The third-order valence-electron chi connectivity index (χ3n) is 6.22. The number of carbonyl (C=O) groups is 3. The summed E-state index contributed by atoms with van der Waals surface area (Å²) in [6, 6.07) is 13.1. The second kappa shape index (κ2) is 10.8. The summed E-state index contributed by atoms with van der Waals surface area (Å²) in [6.45, 7) is 0.978. The van der Waals surface area contributed by atoms with Gasteiger partial charge >= 0.3 is 6.03 Å². The number of hydrogen-bond donors (Lipinski definition) is 3. The summed E-state index contributed by atoms with van der Waals surface area (Å²) in [5, 5.41) is 9.37. The molecule has 1 atom stereocenters. The van der Waals surface area contributed by atoms with Crippen molar-refractivity contribution in [3.63, 3.8) is 0 Å². The zero-order valence-electron chi connectivity index (χ0n) is 19.1. The number of rotatable bonds is 7. The molecule has 34 heavy (non-hydrogen) atoms. The van der Waals surface area contributed by atoms with Gasteiger partial charge in [0.15, 0.2) is 0 Å². The van der Waals surface area contributed by atoms with Gasteiger partial charge < -0.3 is 25.6 Å². The number of hydrogen-bond acceptors (Lipinski definition) is 4. The highest BCUT2D eigenvalue weighted by atomic mass is 35.5. The molecule has 2 aliphatic rings. The summed E-state index contributed by atoms with van der Waals surface area (Å²) < 4.78 is 5.15. The molecule has 0 spiro atoms. The molecule has 8 nitrogen and oxygen atoms in total. The van der Waals surface area contributed by atoms with Gasteiger partial charge in [-0.25, -0.2) is 4.79 Å². The normalized spacial score (nSPS) is 16.9. The standard InChI is InChI=1S/C25H29ClN4O4/c1-34-21-9-5-17(6-10-21)23(31)29-22(24(32)27-19-7-8-19)16-11-13-30(14-12-16)25(33)28-20-4-2-3-18(26)15-20/h2-6,9-10,15-16,19,22H,7-8,11-14H2,1H3,(H,27,32)(H,28,33)(H,29,31)/t22-/m1/s1. The van der Waals surface area contributed by atoms with Gasteiger partial charge in [0.25, 0.3) is 5.91 Å². The first-order valence-corrected chi connectivity index (χ1v) is 11.9. The molecular formula is C25H29ClN4O4. The minimum absolute atomic E-state index is 0.0730. The highest BCUT2D eigenvalue weighted by Crippen LogP contribution is 2.25. The van der Waals surface area contributed by atoms with Crippen molar-refractivity contribution in [2.24, 2.45) is 5.92 Å². The smallest absolute Gasteiger partial charge is 0.321 e. The Labute approximate surface area is 204 Å². The van der Waals surface area contributed by atoms with E-state index in [2.05, 4.69) is 16.0 Å². The second-order valence-electron chi connectivity index (χ2n) is 8.73. The van der Waals surface area contributed by atoms with Crippen molar-refractivity contribution in [2.75, 3.05) is 25.5 Å². The Bertz CT molecular complexity index is 1030. The molecule has 1 heterocycles. The Morgan fingerprint density at radius 2 is 1.74 bits per heavy atom. The van der Waals surface area contributed by atoms with Crippen molar-refractivity contribution in [2.45, 2.75) is 37.8 Å². The number of anilines is 1. The Morgan fingerprint density at radius 3 is 2.35 bits per heavy atom. The zero-order valence-corrected chi connectivity index (χ0v) is 19.8. The van der Waals surface area contributed by atoms with E-state index in [1.165, 1.54) is 0 Å². The van der Waals surface area contributed by atoms with Crippen LogP contribution in [-0.2, 0) is 4.79 Å². The number of nitrogens with one attached hydrogen (secondary N) is 3. The third-order valence-corrected chi connectivity index (χ3v) is 6.45. The van der Waals surface area contributed by atoms with Gasteiger partial charge in [0, 0.05) is 35.4 Å². The molecule has 2 aromatic rings. The maximum atomic E-state index is 13.0. The van der Waals surface area contributed by atoms with E-state index in [0.29, 0.717) is 48.0 Å². The summed E-state index contributed by atoms with van der Waals surface area (Å²) in [7, 11) is 1.56. The summed E-state index contributed by atoms with van der Waals surface area (Å²) in [4.78, 5) is 40.3. The predicted octanol–water partition coefficient (Wildman–Crippen LogP) is 3.67. The quantitative estimate of drug-likeness (QED) is 0.558. The molecule has 0 bridgehead atoms. The van der Waals surface area contributed by atoms with Gasteiger partial charge in [0.1, 0.15) is 11.8 Å². The van der Waals surface area contributed by atoms with E-state index in [1.54, 1.807) is 60.5 Å². The van der Waals surface area contributed by atoms with Gasteiger partial charge in [-0.15, -0.1) is 0 Å². The van der Waals surface area contributed by atoms with Crippen LogP contribution >= 0.6 is 11.6 Å². The van der Waals surface area contributed by atoms with Gasteiger partial charge in [-0.3, -0.25) is 9.59 Å². The molecule has 2 aromatic carbocycles. The average molecular weight is 485 g/mol. The largest absolute Gasteiger partial charge is 0.497 e. The number of ether oxygens (including phenoxy) is 1. The topological polar surface area (TPSA) is 99.8 Å². The van der Waals surface area contributed by atoms with Gasteiger partial charge in [0.05, 0.1) is 7.11 Å². The number of piperidine rings is 1. The van der Waals surface area contributed by atoms with Crippen LogP contribution < -0.4 is 20.7 Å². The molecule has 2 fully saturated rings. The molecule has 0 aromatic heterocycles. The Kier molecular flexibility index (Phi) is 7.57. The van der Waals surface area contributed by atoms with E-state index in [0.717, 1.165) is 12.8 Å². The van der Waals surface area contributed by atoms with Crippen LogP contribution in [0.3, 0.4) is 0 Å². The molecule has 1 saturated carbocycles. The maximum Gasteiger partial charge on any atom is 0.321 e.